The first-order valence-corrected chi connectivity index (χ1v) is 6.92. The minimum Gasteiger partial charge on any atom is -0.377 e. The molecule has 0 saturated carbocycles. The van der Waals surface area contributed by atoms with Gasteiger partial charge in [-0.2, -0.15) is 5.26 Å². The number of benzene rings is 2. The van der Waals surface area contributed by atoms with Gasteiger partial charge in [0, 0.05) is 10.5 Å². The number of anilines is 1. The van der Waals surface area contributed by atoms with Crippen molar-refractivity contribution in [3.05, 3.63) is 63.6 Å². The van der Waals surface area contributed by atoms with Crippen molar-refractivity contribution in [2.45, 2.75) is 19.9 Å². The number of nitrogens with one attached hydrogen (secondary N) is 1. The quantitative estimate of drug-likeness (QED) is 0.883. The average Bonchev–Trinajstić information content (AvgIpc) is 2.41. The summed E-state index contributed by atoms with van der Waals surface area (Å²) in [6.07, 6.45) is 0. The Bertz CT molecular complexity index is 612. The number of halogens is 1. The molecule has 2 aromatic rings. The van der Waals surface area contributed by atoms with Crippen molar-refractivity contribution in [1.82, 2.24) is 0 Å². The highest BCUT2D eigenvalue weighted by Crippen LogP contribution is 2.24. The summed E-state index contributed by atoms with van der Waals surface area (Å²) >= 11 is 3.43. The first-order chi connectivity index (χ1) is 9.10. The number of nitrogens with zero attached hydrogens (tertiary/aromatic N) is 1. The summed E-state index contributed by atoms with van der Waals surface area (Å²) in [5.74, 6) is 0. The van der Waals surface area contributed by atoms with Gasteiger partial charge < -0.3 is 5.32 Å². The highest BCUT2D eigenvalue weighted by Gasteiger charge is 2.08. The van der Waals surface area contributed by atoms with Crippen molar-refractivity contribution < 1.29 is 0 Å². The first-order valence-electron chi connectivity index (χ1n) is 6.13. The lowest BCUT2D eigenvalue weighted by molar-refractivity contribution is 0.883. The second kappa shape index (κ2) is 5.90. The van der Waals surface area contributed by atoms with Gasteiger partial charge in [0.2, 0.25) is 0 Å². The third-order valence-corrected chi connectivity index (χ3v) is 3.57. The Morgan fingerprint density at radius 3 is 2.47 bits per heavy atom. The Labute approximate surface area is 122 Å². The third kappa shape index (κ3) is 3.36. The van der Waals surface area contributed by atoms with Crippen LogP contribution in [0.3, 0.4) is 0 Å². The lowest BCUT2D eigenvalue weighted by Gasteiger charge is -2.17. The van der Waals surface area contributed by atoms with Gasteiger partial charge >= 0.3 is 0 Å². The zero-order valence-corrected chi connectivity index (χ0v) is 12.5. The molecule has 3 heteroatoms. The van der Waals surface area contributed by atoms with E-state index in [4.69, 9.17) is 5.26 Å². The van der Waals surface area contributed by atoms with Crippen LogP contribution in [-0.2, 0) is 0 Å². The lowest BCUT2D eigenvalue weighted by Crippen LogP contribution is -2.07. The van der Waals surface area contributed by atoms with E-state index >= 15 is 0 Å². The molecule has 0 radical (unpaired) electrons. The van der Waals surface area contributed by atoms with Crippen LogP contribution in [0, 0.1) is 18.3 Å². The smallest absolute Gasteiger partial charge is 0.101 e. The van der Waals surface area contributed by atoms with Crippen LogP contribution in [0.25, 0.3) is 0 Å². The number of hydrogen-bond donors (Lipinski definition) is 1. The summed E-state index contributed by atoms with van der Waals surface area (Å²) in [6, 6.07) is 16.4. The molecular weight excluding hydrogens is 300 g/mol. The molecule has 0 aromatic heterocycles. The van der Waals surface area contributed by atoms with Crippen LogP contribution >= 0.6 is 15.9 Å². The predicted molar refractivity (Wildman–Crippen MR) is 82.1 cm³/mol. The highest BCUT2D eigenvalue weighted by atomic mass is 79.9. The number of hydrogen-bond acceptors (Lipinski definition) is 2. The summed E-state index contributed by atoms with van der Waals surface area (Å²) in [5, 5.41) is 12.6. The Balaban J connectivity index is 2.21. The SMILES string of the molecule is Cc1ccc(NC(C)c2ccc(Br)cc2)c(C#N)c1. The van der Waals surface area contributed by atoms with E-state index in [0.29, 0.717) is 5.56 Å². The maximum absolute atomic E-state index is 9.17. The maximum Gasteiger partial charge on any atom is 0.101 e. The van der Waals surface area contributed by atoms with E-state index < -0.39 is 0 Å². The first kappa shape index (κ1) is 13.6. The van der Waals surface area contributed by atoms with Crippen molar-refractivity contribution in [2.24, 2.45) is 0 Å². The fraction of sp³-hybridized carbons (Fsp3) is 0.188. The van der Waals surface area contributed by atoms with Crippen molar-refractivity contribution in [2.75, 3.05) is 5.32 Å². The van der Waals surface area contributed by atoms with E-state index in [-0.39, 0.29) is 6.04 Å². The van der Waals surface area contributed by atoms with E-state index in [1.165, 1.54) is 5.56 Å². The lowest BCUT2D eigenvalue weighted by atomic mass is 10.1. The molecule has 0 heterocycles. The van der Waals surface area contributed by atoms with Gasteiger partial charge in [-0.05, 0) is 49.2 Å². The van der Waals surface area contributed by atoms with Gasteiger partial charge in [0.25, 0.3) is 0 Å². The molecule has 0 fully saturated rings. The van der Waals surface area contributed by atoms with E-state index in [0.717, 1.165) is 15.7 Å². The predicted octanol–water partition coefficient (Wildman–Crippen LogP) is 4.80. The molecule has 0 saturated heterocycles. The van der Waals surface area contributed by atoms with Gasteiger partial charge in [-0.3, -0.25) is 0 Å². The summed E-state index contributed by atoms with van der Waals surface area (Å²) < 4.78 is 1.07. The molecule has 0 amide bonds. The fourth-order valence-corrected chi connectivity index (χ4v) is 2.21. The zero-order chi connectivity index (χ0) is 13.8. The van der Waals surface area contributed by atoms with Crippen molar-refractivity contribution in [1.29, 1.82) is 5.26 Å². The molecule has 19 heavy (non-hydrogen) atoms. The zero-order valence-electron chi connectivity index (χ0n) is 10.9. The van der Waals surface area contributed by atoms with E-state index in [2.05, 4.69) is 46.4 Å². The van der Waals surface area contributed by atoms with Gasteiger partial charge in [0.15, 0.2) is 0 Å². The molecule has 2 nitrogen and oxygen atoms in total. The molecule has 96 valence electrons. The van der Waals surface area contributed by atoms with E-state index in [9.17, 15) is 0 Å². The Morgan fingerprint density at radius 2 is 1.84 bits per heavy atom. The molecule has 1 atom stereocenters. The van der Waals surface area contributed by atoms with Gasteiger partial charge in [0.1, 0.15) is 6.07 Å². The van der Waals surface area contributed by atoms with Crippen LogP contribution in [0.5, 0.6) is 0 Å². The summed E-state index contributed by atoms with van der Waals surface area (Å²) in [6.45, 7) is 4.08. The Kier molecular flexibility index (Phi) is 4.24. The van der Waals surface area contributed by atoms with Crippen LogP contribution in [-0.4, -0.2) is 0 Å². The van der Waals surface area contributed by atoms with Gasteiger partial charge in [-0.1, -0.05) is 34.1 Å². The van der Waals surface area contributed by atoms with Crippen LogP contribution in [0.15, 0.2) is 46.9 Å². The van der Waals surface area contributed by atoms with Crippen LogP contribution < -0.4 is 5.32 Å². The second-order valence-electron chi connectivity index (χ2n) is 4.58. The van der Waals surface area contributed by atoms with Crippen molar-refractivity contribution >= 4 is 21.6 Å². The summed E-state index contributed by atoms with van der Waals surface area (Å²) in [7, 11) is 0. The minimum absolute atomic E-state index is 0.155. The second-order valence-corrected chi connectivity index (χ2v) is 5.49. The normalized spacial score (nSPS) is 11.7. The third-order valence-electron chi connectivity index (χ3n) is 3.04. The van der Waals surface area contributed by atoms with Crippen LogP contribution in [0.4, 0.5) is 5.69 Å². The highest BCUT2D eigenvalue weighted by molar-refractivity contribution is 9.10. The number of nitriles is 1. The average molecular weight is 315 g/mol. The van der Waals surface area contributed by atoms with Crippen molar-refractivity contribution in [3.8, 4) is 6.07 Å². The largest absolute Gasteiger partial charge is 0.377 e. The molecule has 0 bridgehead atoms. The number of aryl methyl sites for hydroxylation is 1. The maximum atomic E-state index is 9.17. The summed E-state index contributed by atoms with van der Waals surface area (Å²) in [5.41, 5.74) is 3.85. The van der Waals surface area contributed by atoms with Gasteiger partial charge in [-0.15, -0.1) is 0 Å². The molecule has 2 aromatic carbocycles. The Hall–Kier alpha value is -1.79. The molecule has 0 spiro atoms. The molecule has 0 aliphatic rings. The van der Waals surface area contributed by atoms with Crippen LogP contribution in [0.2, 0.25) is 0 Å². The topological polar surface area (TPSA) is 35.8 Å². The molecule has 0 aliphatic carbocycles. The summed E-state index contributed by atoms with van der Waals surface area (Å²) in [4.78, 5) is 0. The minimum atomic E-state index is 0.155. The standard InChI is InChI=1S/C16H15BrN2/c1-11-3-8-16(14(9-11)10-18)19-12(2)13-4-6-15(17)7-5-13/h3-9,12,19H,1-2H3. The molecular formula is C16H15BrN2. The van der Waals surface area contributed by atoms with E-state index in [1.807, 2.05) is 37.3 Å². The molecule has 0 aliphatic heterocycles. The van der Waals surface area contributed by atoms with Crippen molar-refractivity contribution in [3.63, 3.8) is 0 Å². The molecule has 2 rings (SSSR count). The molecule has 1 N–H and O–H groups in total. The van der Waals surface area contributed by atoms with Gasteiger partial charge in [0.05, 0.1) is 11.3 Å². The van der Waals surface area contributed by atoms with E-state index in [1.54, 1.807) is 0 Å². The monoisotopic (exact) mass is 314 g/mol. The molecule has 1 unspecified atom stereocenters. The van der Waals surface area contributed by atoms with Crippen LogP contribution in [0.1, 0.15) is 29.7 Å². The Morgan fingerprint density at radius 1 is 1.16 bits per heavy atom. The number of rotatable bonds is 3. The van der Waals surface area contributed by atoms with Gasteiger partial charge in [-0.25, -0.2) is 0 Å². The fourth-order valence-electron chi connectivity index (χ4n) is 1.94.